The molecule has 0 aromatic heterocycles. The van der Waals surface area contributed by atoms with E-state index in [1.807, 2.05) is 30.3 Å². The van der Waals surface area contributed by atoms with E-state index < -0.39 is 6.09 Å². The molecule has 0 radical (unpaired) electrons. The van der Waals surface area contributed by atoms with Gasteiger partial charge < -0.3 is 21.1 Å². The summed E-state index contributed by atoms with van der Waals surface area (Å²) in [5, 5.41) is 5.02. The van der Waals surface area contributed by atoms with E-state index in [0.717, 1.165) is 5.56 Å². The van der Waals surface area contributed by atoms with Crippen LogP contribution in [0.4, 0.5) is 16.2 Å². The summed E-state index contributed by atoms with van der Waals surface area (Å²) in [6.45, 7) is -0.00967. The third kappa shape index (κ3) is 5.16. The summed E-state index contributed by atoms with van der Waals surface area (Å²) in [4.78, 5) is 23.2. The molecular formula is C16H17N3O3. The van der Waals surface area contributed by atoms with Crippen LogP contribution in [0, 0.1) is 0 Å². The smallest absolute Gasteiger partial charge is 0.407 e. The molecule has 2 amide bonds. The molecule has 0 unspecified atom stereocenters. The van der Waals surface area contributed by atoms with Gasteiger partial charge in [-0.1, -0.05) is 30.3 Å². The fourth-order valence-electron chi connectivity index (χ4n) is 1.70. The van der Waals surface area contributed by atoms with Crippen molar-refractivity contribution in [3.63, 3.8) is 0 Å². The van der Waals surface area contributed by atoms with Crippen LogP contribution in [0.1, 0.15) is 5.56 Å². The van der Waals surface area contributed by atoms with Crippen LogP contribution in [-0.4, -0.2) is 18.5 Å². The number of alkyl carbamates (subject to hydrolysis) is 1. The molecule has 0 aliphatic carbocycles. The van der Waals surface area contributed by atoms with Gasteiger partial charge in [-0.25, -0.2) is 4.79 Å². The lowest BCUT2D eigenvalue weighted by molar-refractivity contribution is -0.115. The first kappa shape index (κ1) is 15.4. The number of anilines is 2. The van der Waals surface area contributed by atoms with Crippen molar-refractivity contribution in [2.24, 2.45) is 0 Å². The number of hydrogen-bond donors (Lipinski definition) is 3. The van der Waals surface area contributed by atoms with Gasteiger partial charge >= 0.3 is 6.09 Å². The zero-order valence-electron chi connectivity index (χ0n) is 11.9. The molecule has 2 aromatic carbocycles. The number of amides is 2. The van der Waals surface area contributed by atoms with Crippen molar-refractivity contribution in [2.75, 3.05) is 17.6 Å². The first-order valence-electron chi connectivity index (χ1n) is 6.73. The van der Waals surface area contributed by atoms with Gasteiger partial charge in [0.05, 0.1) is 0 Å². The molecule has 0 aliphatic heterocycles. The largest absolute Gasteiger partial charge is 0.445 e. The van der Waals surface area contributed by atoms with Crippen LogP contribution in [0.25, 0.3) is 0 Å². The highest BCUT2D eigenvalue weighted by atomic mass is 16.5. The summed E-state index contributed by atoms with van der Waals surface area (Å²) < 4.78 is 5.00. The summed E-state index contributed by atoms with van der Waals surface area (Å²) in [5.74, 6) is -0.346. The summed E-state index contributed by atoms with van der Waals surface area (Å²) in [5.41, 5.74) is 7.65. The van der Waals surface area contributed by atoms with E-state index in [4.69, 9.17) is 10.5 Å². The molecule has 0 heterocycles. The zero-order valence-corrected chi connectivity index (χ0v) is 11.9. The average Bonchev–Trinajstić information content (AvgIpc) is 2.54. The van der Waals surface area contributed by atoms with E-state index in [9.17, 15) is 9.59 Å². The van der Waals surface area contributed by atoms with Gasteiger partial charge in [-0.3, -0.25) is 4.79 Å². The predicted octanol–water partition coefficient (Wildman–Crippen LogP) is 2.13. The molecule has 0 aliphatic rings. The minimum Gasteiger partial charge on any atom is -0.445 e. The van der Waals surface area contributed by atoms with Gasteiger partial charge in [-0.05, 0) is 29.8 Å². The van der Waals surface area contributed by atoms with Crippen LogP contribution in [0.5, 0.6) is 0 Å². The molecule has 6 nitrogen and oxygen atoms in total. The third-order valence-corrected chi connectivity index (χ3v) is 2.80. The van der Waals surface area contributed by atoms with Crippen LogP contribution in [0.3, 0.4) is 0 Å². The number of rotatable bonds is 5. The molecule has 2 aromatic rings. The minimum absolute atomic E-state index is 0.159. The van der Waals surface area contributed by atoms with Gasteiger partial charge in [0, 0.05) is 11.4 Å². The van der Waals surface area contributed by atoms with Crippen molar-refractivity contribution in [1.82, 2.24) is 5.32 Å². The Morgan fingerprint density at radius 1 is 1.00 bits per heavy atom. The molecule has 4 N–H and O–H groups in total. The monoisotopic (exact) mass is 299 g/mol. The number of nitrogens with two attached hydrogens (primary N) is 1. The van der Waals surface area contributed by atoms with Crippen LogP contribution >= 0.6 is 0 Å². The number of carbonyl (C=O) groups is 2. The second-order valence-electron chi connectivity index (χ2n) is 4.59. The van der Waals surface area contributed by atoms with Crippen molar-refractivity contribution in [2.45, 2.75) is 6.61 Å². The van der Waals surface area contributed by atoms with E-state index >= 15 is 0 Å². The summed E-state index contributed by atoms with van der Waals surface area (Å²) in [7, 11) is 0. The van der Waals surface area contributed by atoms with Crippen molar-refractivity contribution in [1.29, 1.82) is 0 Å². The molecule has 0 spiro atoms. The molecule has 22 heavy (non-hydrogen) atoms. The van der Waals surface area contributed by atoms with Crippen molar-refractivity contribution < 1.29 is 14.3 Å². The summed E-state index contributed by atoms with van der Waals surface area (Å²) >= 11 is 0. The quantitative estimate of drug-likeness (QED) is 0.737. The van der Waals surface area contributed by atoms with Crippen LogP contribution in [-0.2, 0) is 16.1 Å². The van der Waals surface area contributed by atoms with E-state index in [-0.39, 0.29) is 19.1 Å². The highest BCUT2D eigenvalue weighted by Gasteiger charge is 2.07. The zero-order chi connectivity index (χ0) is 15.8. The Kier molecular flexibility index (Phi) is 5.37. The Morgan fingerprint density at radius 3 is 2.36 bits per heavy atom. The van der Waals surface area contributed by atoms with Gasteiger partial charge in [0.15, 0.2) is 0 Å². The maximum atomic E-state index is 11.7. The predicted molar refractivity (Wildman–Crippen MR) is 84.1 cm³/mol. The number of carbonyl (C=O) groups excluding carboxylic acids is 2. The lowest BCUT2D eigenvalue weighted by atomic mass is 10.2. The Bertz CT molecular complexity index is 627. The maximum absolute atomic E-state index is 11.7. The van der Waals surface area contributed by atoms with Gasteiger partial charge in [0.25, 0.3) is 0 Å². The van der Waals surface area contributed by atoms with E-state index in [1.54, 1.807) is 24.3 Å². The lowest BCUT2D eigenvalue weighted by Gasteiger charge is -2.08. The topological polar surface area (TPSA) is 93.5 Å². The second-order valence-corrected chi connectivity index (χ2v) is 4.59. The minimum atomic E-state index is -0.642. The maximum Gasteiger partial charge on any atom is 0.407 e. The number of hydrogen-bond acceptors (Lipinski definition) is 4. The highest BCUT2D eigenvalue weighted by molar-refractivity contribution is 5.93. The molecule has 0 saturated heterocycles. The summed E-state index contributed by atoms with van der Waals surface area (Å²) in [6.07, 6.45) is -0.642. The molecule has 6 heteroatoms. The second kappa shape index (κ2) is 7.68. The average molecular weight is 299 g/mol. The molecular weight excluding hydrogens is 282 g/mol. The molecule has 114 valence electrons. The molecule has 0 saturated carbocycles. The van der Waals surface area contributed by atoms with E-state index in [0.29, 0.717) is 11.4 Å². The van der Waals surface area contributed by atoms with Gasteiger partial charge in [0.2, 0.25) is 5.91 Å². The van der Waals surface area contributed by atoms with Crippen molar-refractivity contribution >= 4 is 23.4 Å². The van der Waals surface area contributed by atoms with Gasteiger partial charge in [0.1, 0.15) is 13.2 Å². The fourth-order valence-corrected chi connectivity index (χ4v) is 1.70. The van der Waals surface area contributed by atoms with Gasteiger partial charge in [-0.2, -0.15) is 0 Å². The molecule has 0 bridgehead atoms. The number of nitrogen functional groups attached to an aromatic ring is 1. The lowest BCUT2D eigenvalue weighted by Crippen LogP contribution is -2.33. The number of nitrogens with one attached hydrogen (secondary N) is 2. The standard InChI is InChI=1S/C16H17N3O3/c17-13-6-8-14(9-7-13)19-15(20)10-18-16(21)22-11-12-4-2-1-3-5-12/h1-9H,10-11,17H2,(H,18,21)(H,19,20). The van der Waals surface area contributed by atoms with E-state index in [2.05, 4.69) is 10.6 Å². The van der Waals surface area contributed by atoms with Crippen LogP contribution in [0.15, 0.2) is 54.6 Å². The fraction of sp³-hybridized carbons (Fsp3) is 0.125. The van der Waals surface area contributed by atoms with Crippen LogP contribution in [0.2, 0.25) is 0 Å². The highest BCUT2D eigenvalue weighted by Crippen LogP contribution is 2.09. The van der Waals surface area contributed by atoms with Crippen molar-refractivity contribution in [3.05, 3.63) is 60.2 Å². The third-order valence-electron chi connectivity index (χ3n) is 2.80. The van der Waals surface area contributed by atoms with E-state index in [1.165, 1.54) is 0 Å². The van der Waals surface area contributed by atoms with Crippen LogP contribution < -0.4 is 16.4 Å². The first-order chi connectivity index (χ1) is 10.6. The van der Waals surface area contributed by atoms with Gasteiger partial charge in [-0.15, -0.1) is 0 Å². The molecule has 2 rings (SSSR count). The Balaban J connectivity index is 1.69. The Morgan fingerprint density at radius 2 is 1.68 bits per heavy atom. The summed E-state index contributed by atoms with van der Waals surface area (Å²) in [6, 6.07) is 16.0. The number of benzene rings is 2. The number of ether oxygens (including phenoxy) is 1. The SMILES string of the molecule is Nc1ccc(NC(=O)CNC(=O)OCc2ccccc2)cc1. The molecule has 0 fully saturated rings. The normalized spacial score (nSPS) is 9.82. The molecule has 0 atom stereocenters. The first-order valence-corrected chi connectivity index (χ1v) is 6.73. The Hall–Kier alpha value is -3.02. The van der Waals surface area contributed by atoms with Crippen molar-refractivity contribution in [3.8, 4) is 0 Å². The Labute approximate surface area is 128 Å².